The summed E-state index contributed by atoms with van der Waals surface area (Å²) in [6, 6.07) is 10.6. The summed E-state index contributed by atoms with van der Waals surface area (Å²) >= 11 is 1.76. The van der Waals surface area contributed by atoms with E-state index in [4.69, 9.17) is 10.2 Å². The van der Waals surface area contributed by atoms with Crippen molar-refractivity contribution < 1.29 is 4.79 Å². The molecule has 6 nitrogen and oxygen atoms in total. The predicted molar refractivity (Wildman–Crippen MR) is 99.3 cm³/mol. The highest BCUT2D eigenvalue weighted by molar-refractivity contribution is 7.18. The average Bonchev–Trinajstić information content (AvgIpc) is 3.06. The van der Waals surface area contributed by atoms with Gasteiger partial charge >= 0.3 is 0 Å². The van der Waals surface area contributed by atoms with Crippen LogP contribution >= 0.6 is 11.3 Å². The normalized spacial score (nSPS) is 17.3. The molecule has 1 N–H and O–H groups in total. The number of carbonyl (C=O) groups excluding carboxylic acids is 1. The van der Waals surface area contributed by atoms with Crippen molar-refractivity contribution in [3.8, 4) is 6.07 Å². The number of hydrogen-bond donors (Lipinski definition) is 1. The molecule has 1 fully saturated rings. The third-order valence-corrected chi connectivity index (χ3v) is 5.76. The molecule has 0 spiro atoms. The molecule has 2 aromatic rings. The highest BCUT2D eigenvalue weighted by atomic mass is 32.1. The Hall–Kier alpha value is -2.01. The summed E-state index contributed by atoms with van der Waals surface area (Å²) < 4.78 is 1.23. The number of nitriles is 1. The molecule has 1 aliphatic rings. The molecule has 0 aliphatic carbocycles. The molecule has 1 aromatic carbocycles. The minimum atomic E-state index is 0.00271. The van der Waals surface area contributed by atoms with E-state index in [9.17, 15) is 4.79 Å². The maximum atomic E-state index is 11.8. The summed E-state index contributed by atoms with van der Waals surface area (Å²) in [7, 11) is 0. The monoisotopic (exact) mass is 357 g/mol. The van der Waals surface area contributed by atoms with Gasteiger partial charge in [-0.15, -0.1) is 11.3 Å². The highest BCUT2D eigenvalue weighted by Gasteiger charge is 2.24. The summed E-state index contributed by atoms with van der Waals surface area (Å²) in [5.74, 6) is 0.00271. The van der Waals surface area contributed by atoms with Crippen LogP contribution < -0.4 is 5.32 Å². The van der Waals surface area contributed by atoms with Crippen LogP contribution in [-0.2, 0) is 4.79 Å². The number of thiazole rings is 1. The Bertz CT molecular complexity index is 727. The number of fused-ring (bicyclic) bond motifs is 1. The summed E-state index contributed by atoms with van der Waals surface area (Å²) in [5.41, 5.74) is 1.07. The molecule has 0 bridgehead atoms. The van der Waals surface area contributed by atoms with Crippen LogP contribution in [0.15, 0.2) is 24.3 Å². The fourth-order valence-electron chi connectivity index (χ4n) is 3.05. The van der Waals surface area contributed by atoms with Crippen LogP contribution in [0.5, 0.6) is 0 Å². The molecule has 1 aromatic heterocycles. The molecule has 0 saturated carbocycles. The Balaban J connectivity index is 1.50. The number of para-hydroxylation sites is 1. The first kappa shape index (κ1) is 17.8. The highest BCUT2D eigenvalue weighted by Crippen LogP contribution is 2.29. The molecule has 7 heteroatoms. The largest absolute Gasteiger partial charge is 0.354 e. The van der Waals surface area contributed by atoms with Gasteiger partial charge in [-0.1, -0.05) is 12.1 Å². The zero-order valence-electron chi connectivity index (χ0n) is 14.4. The van der Waals surface area contributed by atoms with E-state index in [1.807, 2.05) is 12.1 Å². The van der Waals surface area contributed by atoms with Gasteiger partial charge < -0.3 is 5.32 Å². The lowest BCUT2D eigenvalue weighted by atomic mass is 10.2. The molecule has 1 atom stereocenters. The van der Waals surface area contributed by atoms with Crippen LogP contribution in [-0.4, -0.2) is 60.0 Å². The van der Waals surface area contributed by atoms with Gasteiger partial charge in [-0.05, 0) is 19.1 Å². The maximum Gasteiger partial charge on any atom is 0.234 e. The van der Waals surface area contributed by atoms with Crippen LogP contribution in [0, 0.1) is 11.3 Å². The number of benzene rings is 1. The van der Waals surface area contributed by atoms with E-state index in [1.54, 1.807) is 11.3 Å². The van der Waals surface area contributed by atoms with E-state index in [0.717, 1.165) is 36.7 Å². The average molecular weight is 357 g/mol. The number of carbonyl (C=O) groups is 1. The van der Waals surface area contributed by atoms with Gasteiger partial charge in [0, 0.05) is 32.7 Å². The molecule has 1 aliphatic heterocycles. The smallest absolute Gasteiger partial charge is 0.234 e. The first-order valence-corrected chi connectivity index (χ1v) is 9.44. The van der Waals surface area contributed by atoms with Gasteiger partial charge in [-0.2, -0.15) is 5.26 Å². The van der Waals surface area contributed by atoms with E-state index in [2.05, 4.69) is 40.2 Å². The summed E-state index contributed by atoms with van der Waals surface area (Å²) in [6.45, 7) is 6.67. The van der Waals surface area contributed by atoms with Gasteiger partial charge in [-0.25, -0.2) is 4.98 Å². The van der Waals surface area contributed by atoms with Gasteiger partial charge in [0.25, 0.3) is 0 Å². The van der Waals surface area contributed by atoms with Crippen molar-refractivity contribution in [1.29, 1.82) is 5.26 Å². The third-order valence-electron chi connectivity index (χ3n) is 4.55. The Morgan fingerprint density at radius 3 is 2.84 bits per heavy atom. The molecular weight excluding hydrogens is 334 g/mol. The van der Waals surface area contributed by atoms with E-state index in [1.165, 1.54) is 4.70 Å². The Kier molecular flexibility index (Phi) is 5.97. The molecule has 1 unspecified atom stereocenters. The van der Waals surface area contributed by atoms with Crippen LogP contribution in [0.1, 0.15) is 24.4 Å². The van der Waals surface area contributed by atoms with Gasteiger partial charge in [-0.3, -0.25) is 14.6 Å². The standard InChI is InChI=1S/C18H23N5OS/c1-14(18-21-15-5-2-3-6-16(15)25-18)23-11-9-22(10-12-23)13-17(24)20-8-4-7-19/h2-3,5-6,14H,4,8-13H2,1H3,(H,20,24). The van der Waals surface area contributed by atoms with Gasteiger partial charge in [0.1, 0.15) is 5.01 Å². The number of hydrogen-bond acceptors (Lipinski definition) is 6. The zero-order valence-corrected chi connectivity index (χ0v) is 15.3. The summed E-state index contributed by atoms with van der Waals surface area (Å²) in [6.07, 6.45) is 0.360. The van der Waals surface area contributed by atoms with Crippen LogP contribution in [0.2, 0.25) is 0 Å². The summed E-state index contributed by atoms with van der Waals surface area (Å²) in [5, 5.41) is 12.4. The summed E-state index contributed by atoms with van der Waals surface area (Å²) in [4.78, 5) is 21.2. The van der Waals surface area contributed by atoms with Crippen molar-refractivity contribution in [2.75, 3.05) is 39.3 Å². The maximum absolute atomic E-state index is 11.8. The van der Waals surface area contributed by atoms with Crippen LogP contribution in [0.4, 0.5) is 0 Å². The van der Waals surface area contributed by atoms with Crippen molar-refractivity contribution in [3.05, 3.63) is 29.3 Å². The molecule has 132 valence electrons. The van der Waals surface area contributed by atoms with E-state index in [0.29, 0.717) is 25.6 Å². The first-order valence-electron chi connectivity index (χ1n) is 8.63. The van der Waals surface area contributed by atoms with Crippen LogP contribution in [0.25, 0.3) is 10.2 Å². The third kappa shape index (κ3) is 4.54. The number of amides is 1. The number of piperazine rings is 1. The van der Waals surface area contributed by atoms with Crippen molar-refractivity contribution in [2.45, 2.75) is 19.4 Å². The quantitative estimate of drug-likeness (QED) is 0.801. The Labute approximate surface area is 152 Å². The van der Waals surface area contributed by atoms with E-state index < -0.39 is 0 Å². The molecule has 1 amide bonds. The Morgan fingerprint density at radius 1 is 1.36 bits per heavy atom. The van der Waals surface area contributed by atoms with E-state index >= 15 is 0 Å². The molecular formula is C18H23N5OS. The fraction of sp³-hybridized carbons (Fsp3) is 0.500. The first-order chi connectivity index (χ1) is 12.2. The number of rotatable bonds is 6. The molecule has 3 rings (SSSR count). The molecule has 25 heavy (non-hydrogen) atoms. The molecule has 1 saturated heterocycles. The minimum Gasteiger partial charge on any atom is -0.354 e. The lowest BCUT2D eigenvalue weighted by Crippen LogP contribution is -2.50. The zero-order chi connectivity index (χ0) is 17.6. The second-order valence-corrected chi connectivity index (χ2v) is 7.33. The van der Waals surface area contributed by atoms with Crippen molar-refractivity contribution in [3.63, 3.8) is 0 Å². The second-order valence-electron chi connectivity index (χ2n) is 6.27. The van der Waals surface area contributed by atoms with Gasteiger partial charge in [0.2, 0.25) is 5.91 Å². The molecule has 2 heterocycles. The lowest BCUT2D eigenvalue weighted by Gasteiger charge is -2.37. The number of aromatic nitrogens is 1. The van der Waals surface area contributed by atoms with Crippen molar-refractivity contribution >= 4 is 27.5 Å². The topological polar surface area (TPSA) is 72.3 Å². The van der Waals surface area contributed by atoms with Crippen molar-refractivity contribution in [2.24, 2.45) is 0 Å². The van der Waals surface area contributed by atoms with Crippen LogP contribution in [0.3, 0.4) is 0 Å². The lowest BCUT2D eigenvalue weighted by molar-refractivity contribution is -0.122. The predicted octanol–water partition coefficient (Wildman–Crippen LogP) is 2.00. The minimum absolute atomic E-state index is 0.00271. The second kappa shape index (κ2) is 8.39. The SMILES string of the molecule is CC(c1nc2ccccc2s1)N1CCN(CC(=O)NCCC#N)CC1. The number of nitrogens with one attached hydrogen (secondary N) is 1. The fourth-order valence-corrected chi connectivity index (χ4v) is 4.10. The molecule has 0 radical (unpaired) electrons. The number of nitrogens with zero attached hydrogens (tertiary/aromatic N) is 4. The Morgan fingerprint density at radius 2 is 2.12 bits per heavy atom. The van der Waals surface area contributed by atoms with E-state index in [-0.39, 0.29) is 5.91 Å². The van der Waals surface area contributed by atoms with Gasteiger partial charge in [0.05, 0.1) is 35.3 Å². The van der Waals surface area contributed by atoms with Gasteiger partial charge in [0.15, 0.2) is 0 Å². The van der Waals surface area contributed by atoms with Crippen molar-refractivity contribution in [1.82, 2.24) is 20.1 Å².